The molecule has 1 amide bonds. The minimum absolute atomic E-state index is 0.206. The second kappa shape index (κ2) is 7.13. The quantitative estimate of drug-likeness (QED) is 0.740. The Hall–Kier alpha value is -3.21. The van der Waals surface area contributed by atoms with Gasteiger partial charge in [-0.25, -0.2) is 9.78 Å². The monoisotopic (exact) mass is 334 g/mol. The third-order valence-corrected chi connectivity index (χ3v) is 3.95. The summed E-state index contributed by atoms with van der Waals surface area (Å²) in [5.74, 6) is -1.00. The number of carbonyl (C=O) groups is 2. The van der Waals surface area contributed by atoms with Crippen LogP contribution in [0.15, 0.2) is 54.7 Å². The Morgan fingerprint density at radius 3 is 2.48 bits per heavy atom. The van der Waals surface area contributed by atoms with Crippen molar-refractivity contribution in [1.82, 2.24) is 4.98 Å². The van der Waals surface area contributed by atoms with Gasteiger partial charge in [-0.15, -0.1) is 0 Å². The molecule has 0 atom stereocenters. The summed E-state index contributed by atoms with van der Waals surface area (Å²) in [6, 6.07) is 15.0. The first kappa shape index (κ1) is 16.6. The number of aromatic nitrogens is 1. The van der Waals surface area contributed by atoms with E-state index in [1.807, 2.05) is 56.3 Å². The number of nitrogens with one attached hydrogen (secondary N) is 1. The summed E-state index contributed by atoms with van der Waals surface area (Å²) in [6.45, 7) is 3.46. The fourth-order valence-electron chi connectivity index (χ4n) is 2.67. The molecule has 1 N–H and O–H groups in total. The highest BCUT2D eigenvalue weighted by Crippen LogP contribution is 2.20. The Kier molecular flexibility index (Phi) is 4.75. The summed E-state index contributed by atoms with van der Waals surface area (Å²) in [6.07, 6.45) is 1.55. The van der Waals surface area contributed by atoms with Crippen molar-refractivity contribution >= 4 is 28.3 Å². The first-order valence-corrected chi connectivity index (χ1v) is 7.93. The van der Waals surface area contributed by atoms with E-state index in [9.17, 15) is 9.59 Å². The number of benzene rings is 2. The third kappa shape index (κ3) is 3.66. The number of para-hydroxylation sites is 1. The summed E-state index contributed by atoms with van der Waals surface area (Å²) in [5.41, 5.74) is 2.86. The Balaban J connectivity index is 1.69. The van der Waals surface area contributed by atoms with E-state index >= 15 is 0 Å². The van der Waals surface area contributed by atoms with Crippen LogP contribution in [-0.2, 0) is 9.53 Å². The van der Waals surface area contributed by atoms with Crippen LogP contribution in [0.4, 0.5) is 5.69 Å². The van der Waals surface area contributed by atoms with E-state index in [1.165, 1.54) is 0 Å². The first-order chi connectivity index (χ1) is 12.1. The molecule has 0 aliphatic carbocycles. The van der Waals surface area contributed by atoms with E-state index in [0.717, 1.165) is 22.2 Å². The molecule has 0 fully saturated rings. The summed E-state index contributed by atoms with van der Waals surface area (Å²) in [5, 5.41) is 4.38. The van der Waals surface area contributed by atoms with Crippen molar-refractivity contribution in [3.63, 3.8) is 0 Å². The van der Waals surface area contributed by atoms with Crippen molar-refractivity contribution in [3.8, 4) is 0 Å². The lowest BCUT2D eigenvalue weighted by Gasteiger charge is -2.11. The molecular formula is C20H18N2O3. The molecule has 0 saturated heterocycles. The predicted octanol–water partition coefficient (Wildman–Crippen LogP) is 3.65. The largest absolute Gasteiger partial charge is 0.451 e. The zero-order valence-corrected chi connectivity index (χ0v) is 14.1. The molecule has 0 aliphatic heterocycles. The number of fused-ring (bicyclic) bond motifs is 1. The number of carbonyl (C=O) groups excluding carboxylic acids is 2. The van der Waals surface area contributed by atoms with Gasteiger partial charge in [0.25, 0.3) is 5.91 Å². The second-order valence-electron chi connectivity index (χ2n) is 5.77. The SMILES string of the molecule is Cc1cccc(C)c1NC(=O)COC(=O)c1nccc2ccccc12. The van der Waals surface area contributed by atoms with Crippen molar-refractivity contribution in [2.24, 2.45) is 0 Å². The molecule has 5 heteroatoms. The third-order valence-electron chi connectivity index (χ3n) is 3.95. The Morgan fingerprint density at radius 2 is 1.72 bits per heavy atom. The molecule has 0 unspecified atom stereocenters. The highest BCUT2D eigenvalue weighted by molar-refractivity contribution is 6.03. The van der Waals surface area contributed by atoms with Crippen LogP contribution in [0.25, 0.3) is 10.8 Å². The van der Waals surface area contributed by atoms with Crippen molar-refractivity contribution in [3.05, 3.63) is 71.5 Å². The van der Waals surface area contributed by atoms with Gasteiger partial charge in [0.1, 0.15) is 0 Å². The number of ether oxygens (including phenoxy) is 1. The molecule has 0 spiro atoms. The van der Waals surface area contributed by atoms with Gasteiger partial charge in [-0.3, -0.25) is 4.79 Å². The number of esters is 1. The van der Waals surface area contributed by atoms with E-state index in [1.54, 1.807) is 12.3 Å². The average Bonchev–Trinajstić information content (AvgIpc) is 2.62. The molecule has 3 aromatic rings. The van der Waals surface area contributed by atoms with Gasteiger partial charge < -0.3 is 10.1 Å². The maximum absolute atomic E-state index is 12.3. The lowest BCUT2D eigenvalue weighted by atomic mass is 10.1. The van der Waals surface area contributed by atoms with Gasteiger partial charge in [0.15, 0.2) is 12.3 Å². The van der Waals surface area contributed by atoms with Gasteiger partial charge in [0.2, 0.25) is 0 Å². The number of nitrogens with zero attached hydrogens (tertiary/aromatic N) is 1. The Labute approximate surface area is 145 Å². The smallest absolute Gasteiger partial charge is 0.358 e. The molecule has 0 saturated carbocycles. The topological polar surface area (TPSA) is 68.3 Å². The van der Waals surface area contributed by atoms with Gasteiger partial charge in [-0.05, 0) is 36.4 Å². The molecule has 5 nitrogen and oxygen atoms in total. The Morgan fingerprint density at radius 1 is 1.00 bits per heavy atom. The lowest BCUT2D eigenvalue weighted by molar-refractivity contribution is -0.119. The van der Waals surface area contributed by atoms with Crippen LogP contribution in [0, 0.1) is 13.8 Å². The van der Waals surface area contributed by atoms with E-state index in [4.69, 9.17) is 4.74 Å². The predicted molar refractivity (Wildman–Crippen MR) is 96.6 cm³/mol. The molecule has 126 valence electrons. The maximum Gasteiger partial charge on any atom is 0.358 e. The minimum Gasteiger partial charge on any atom is -0.451 e. The molecule has 2 aromatic carbocycles. The fraction of sp³-hybridized carbons (Fsp3) is 0.150. The molecule has 1 heterocycles. The Bertz CT molecular complexity index is 925. The fourth-order valence-corrected chi connectivity index (χ4v) is 2.67. The van der Waals surface area contributed by atoms with Crippen LogP contribution in [0.2, 0.25) is 0 Å². The minimum atomic E-state index is -0.617. The molecule has 0 aliphatic rings. The van der Waals surface area contributed by atoms with Crippen LogP contribution in [0.5, 0.6) is 0 Å². The van der Waals surface area contributed by atoms with Gasteiger partial charge in [-0.2, -0.15) is 0 Å². The van der Waals surface area contributed by atoms with E-state index < -0.39 is 5.97 Å². The maximum atomic E-state index is 12.3. The molecule has 3 rings (SSSR count). The van der Waals surface area contributed by atoms with Gasteiger partial charge in [0, 0.05) is 17.3 Å². The van der Waals surface area contributed by atoms with Crippen molar-refractivity contribution in [2.75, 3.05) is 11.9 Å². The summed E-state index contributed by atoms with van der Waals surface area (Å²) < 4.78 is 5.14. The highest BCUT2D eigenvalue weighted by atomic mass is 16.5. The lowest BCUT2D eigenvalue weighted by Crippen LogP contribution is -2.22. The standard InChI is InChI=1S/C20H18N2O3/c1-13-6-5-7-14(2)18(13)22-17(23)12-25-20(24)19-16-9-4-3-8-15(16)10-11-21-19/h3-11H,12H2,1-2H3,(H,22,23). The van der Waals surface area contributed by atoms with Gasteiger partial charge in [-0.1, -0.05) is 42.5 Å². The highest BCUT2D eigenvalue weighted by Gasteiger charge is 2.15. The summed E-state index contributed by atoms with van der Waals surface area (Å²) in [4.78, 5) is 28.5. The second-order valence-corrected chi connectivity index (χ2v) is 5.77. The van der Waals surface area contributed by atoms with Crippen molar-refractivity contribution in [2.45, 2.75) is 13.8 Å². The van der Waals surface area contributed by atoms with Crippen LogP contribution in [0.3, 0.4) is 0 Å². The van der Waals surface area contributed by atoms with E-state index in [2.05, 4.69) is 10.3 Å². The first-order valence-electron chi connectivity index (χ1n) is 7.93. The number of hydrogen-bond acceptors (Lipinski definition) is 4. The molecular weight excluding hydrogens is 316 g/mol. The van der Waals surface area contributed by atoms with Crippen molar-refractivity contribution < 1.29 is 14.3 Å². The summed E-state index contributed by atoms with van der Waals surface area (Å²) >= 11 is 0. The van der Waals surface area contributed by atoms with E-state index in [0.29, 0.717) is 5.39 Å². The zero-order chi connectivity index (χ0) is 17.8. The van der Waals surface area contributed by atoms with Crippen LogP contribution in [0.1, 0.15) is 21.6 Å². The molecule has 0 radical (unpaired) electrons. The van der Waals surface area contributed by atoms with Crippen LogP contribution in [-0.4, -0.2) is 23.5 Å². The number of anilines is 1. The number of hydrogen-bond donors (Lipinski definition) is 1. The average molecular weight is 334 g/mol. The molecule has 0 bridgehead atoms. The van der Waals surface area contributed by atoms with Gasteiger partial charge in [0.05, 0.1) is 0 Å². The number of pyridine rings is 1. The zero-order valence-electron chi connectivity index (χ0n) is 14.1. The van der Waals surface area contributed by atoms with Gasteiger partial charge >= 0.3 is 5.97 Å². The summed E-state index contributed by atoms with van der Waals surface area (Å²) in [7, 11) is 0. The van der Waals surface area contributed by atoms with Crippen LogP contribution >= 0.6 is 0 Å². The molecule has 1 aromatic heterocycles. The van der Waals surface area contributed by atoms with E-state index in [-0.39, 0.29) is 18.2 Å². The number of amides is 1. The normalized spacial score (nSPS) is 10.5. The van der Waals surface area contributed by atoms with Crippen LogP contribution < -0.4 is 5.32 Å². The molecule has 25 heavy (non-hydrogen) atoms. The number of rotatable bonds is 4. The number of aryl methyl sites for hydroxylation is 2. The van der Waals surface area contributed by atoms with Crippen molar-refractivity contribution in [1.29, 1.82) is 0 Å².